The summed E-state index contributed by atoms with van der Waals surface area (Å²) in [4.78, 5) is 24.0. The Morgan fingerprint density at radius 3 is 2.48 bits per heavy atom. The van der Waals surface area contributed by atoms with Crippen LogP contribution in [0.3, 0.4) is 0 Å². The first-order valence-electron chi connectivity index (χ1n) is 8.51. The predicted molar refractivity (Wildman–Crippen MR) is 96.4 cm³/mol. The van der Waals surface area contributed by atoms with Crippen LogP contribution in [0.25, 0.3) is 10.8 Å². The summed E-state index contributed by atoms with van der Waals surface area (Å²) in [6.07, 6.45) is 2.67. The maximum Gasteiger partial charge on any atom is 0.338 e. The molecule has 0 spiro atoms. The molecule has 0 unspecified atom stereocenters. The van der Waals surface area contributed by atoms with E-state index in [0.29, 0.717) is 22.4 Å². The van der Waals surface area contributed by atoms with Crippen LogP contribution in [0.2, 0.25) is 0 Å². The van der Waals surface area contributed by atoms with Crippen molar-refractivity contribution in [2.75, 3.05) is 13.7 Å². The lowest BCUT2D eigenvalue weighted by molar-refractivity contribution is -0.131. The van der Waals surface area contributed by atoms with Crippen molar-refractivity contribution in [1.29, 1.82) is 0 Å². The molecule has 0 saturated carbocycles. The van der Waals surface area contributed by atoms with Gasteiger partial charge in [0.2, 0.25) is 0 Å². The smallest absolute Gasteiger partial charge is 0.338 e. The minimum Gasteiger partial charge on any atom is -0.496 e. The maximum atomic E-state index is 12.5. The van der Waals surface area contributed by atoms with E-state index >= 15 is 0 Å². The molecule has 2 aromatic carbocycles. The van der Waals surface area contributed by atoms with Crippen LogP contribution in [-0.2, 0) is 16.0 Å². The molecule has 0 heterocycles. The van der Waals surface area contributed by atoms with Gasteiger partial charge in [0.25, 0.3) is 0 Å². The summed E-state index contributed by atoms with van der Waals surface area (Å²) in [6.45, 7) is 5.47. The number of aryl methyl sites for hydroxylation is 1. The van der Waals surface area contributed by atoms with Crippen LogP contribution in [0.5, 0.6) is 11.5 Å². The van der Waals surface area contributed by atoms with Gasteiger partial charge in [0, 0.05) is 6.92 Å². The second-order valence-corrected chi connectivity index (χ2v) is 5.70. The zero-order valence-corrected chi connectivity index (χ0v) is 15.2. The van der Waals surface area contributed by atoms with Crippen molar-refractivity contribution in [3.63, 3.8) is 0 Å². The van der Waals surface area contributed by atoms with Gasteiger partial charge in [0.05, 0.1) is 24.7 Å². The monoisotopic (exact) mass is 344 g/mol. The highest BCUT2D eigenvalue weighted by Gasteiger charge is 2.21. The molecule has 0 aromatic heterocycles. The van der Waals surface area contributed by atoms with Crippen LogP contribution in [0.1, 0.15) is 49.5 Å². The van der Waals surface area contributed by atoms with Gasteiger partial charge in [-0.25, -0.2) is 4.79 Å². The Hall–Kier alpha value is -2.56. The highest BCUT2D eigenvalue weighted by Crippen LogP contribution is 2.39. The third kappa shape index (κ3) is 4.10. The van der Waals surface area contributed by atoms with Crippen LogP contribution in [0, 0.1) is 0 Å². The van der Waals surface area contributed by atoms with E-state index in [-0.39, 0.29) is 6.61 Å². The largest absolute Gasteiger partial charge is 0.496 e. The standard InChI is InChI=1S/C20H24O5/c1-5-7-9-14-15-10-8-11-17(23-4)19(15)18(25-13(3)21)12-16(14)20(22)24-6-2/h8,10-12H,5-7,9H2,1-4H3. The summed E-state index contributed by atoms with van der Waals surface area (Å²) >= 11 is 0. The number of hydrogen-bond acceptors (Lipinski definition) is 5. The van der Waals surface area contributed by atoms with Crippen LogP contribution < -0.4 is 9.47 Å². The Bertz CT molecular complexity index is 779. The van der Waals surface area contributed by atoms with E-state index in [1.54, 1.807) is 20.1 Å². The van der Waals surface area contributed by atoms with Gasteiger partial charge in [-0.3, -0.25) is 4.79 Å². The van der Waals surface area contributed by atoms with Gasteiger partial charge in [-0.15, -0.1) is 0 Å². The van der Waals surface area contributed by atoms with Crippen LogP contribution >= 0.6 is 0 Å². The SMILES string of the molecule is CCCCc1c(C(=O)OCC)cc(OC(C)=O)c2c(OC)cccc12. The molecule has 0 amide bonds. The Morgan fingerprint density at radius 2 is 1.88 bits per heavy atom. The molecular formula is C20H24O5. The predicted octanol–water partition coefficient (Wildman–Crippen LogP) is 4.29. The lowest BCUT2D eigenvalue weighted by Crippen LogP contribution is -2.11. The van der Waals surface area contributed by atoms with Gasteiger partial charge in [0.1, 0.15) is 11.5 Å². The molecule has 0 fully saturated rings. The maximum absolute atomic E-state index is 12.5. The number of methoxy groups -OCH3 is 1. The first-order chi connectivity index (χ1) is 12.0. The minimum absolute atomic E-state index is 0.283. The normalized spacial score (nSPS) is 10.6. The van der Waals surface area contributed by atoms with Crippen molar-refractivity contribution in [2.45, 2.75) is 40.0 Å². The highest BCUT2D eigenvalue weighted by molar-refractivity contribution is 6.04. The Labute approximate surface area is 147 Å². The molecule has 5 nitrogen and oxygen atoms in total. The summed E-state index contributed by atoms with van der Waals surface area (Å²) in [5.41, 5.74) is 1.33. The lowest BCUT2D eigenvalue weighted by atomic mass is 9.93. The van der Waals surface area contributed by atoms with E-state index in [1.165, 1.54) is 6.92 Å². The summed E-state index contributed by atoms with van der Waals surface area (Å²) in [6, 6.07) is 7.18. The molecule has 134 valence electrons. The molecule has 0 N–H and O–H groups in total. The minimum atomic E-state index is -0.455. The number of carbonyl (C=O) groups excluding carboxylic acids is 2. The van der Waals surface area contributed by atoms with Gasteiger partial charge in [-0.2, -0.15) is 0 Å². The fourth-order valence-corrected chi connectivity index (χ4v) is 2.89. The van der Waals surface area contributed by atoms with Gasteiger partial charge in [0.15, 0.2) is 0 Å². The quantitative estimate of drug-likeness (QED) is 0.554. The number of fused-ring (bicyclic) bond motifs is 1. The molecule has 0 aliphatic heterocycles. The average molecular weight is 344 g/mol. The molecule has 2 rings (SSSR count). The first kappa shape index (κ1) is 18.8. The number of unbranched alkanes of at least 4 members (excludes halogenated alkanes) is 1. The van der Waals surface area contributed by atoms with Crippen molar-refractivity contribution in [3.05, 3.63) is 35.4 Å². The second kappa shape index (κ2) is 8.51. The van der Waals surface area contributed by atoms with Gasteiger partial charge < -0.3 is 14.2 Å². The van der Waals surface area contributed by atoms with Gasteiger partial charge in [-0.05, 0) is 42.8 Å². The van der Waals surface area contributed by atoms with Crippen molar-refractivity contribution in [1.82, 2.24) is 0 Å². The van der Waals surface area contributed by atoms with Crippen LogP contribution in [-0.4, -0.2) is 25.7 Å². The zero-order chi connectivity index (χ0) is 18.4. The molecule has 0 bridgehead atoms. The molecule has 0 aliphatic carbocycles. The number of carbonyl (C=O) groups is 2. The summed E-state index contributed by atoms with van der Waals surface area (Å²) in [7, 11) is 1.57. The van der Waals surface area contributed by atoms with Gasteiger partial charge >= 0.3 is 11.9 Å². The van der Waals surface area contributed by atoms with Crippen molar-refractivity contribution < 1.29 is 23.8 Å². The van der Waals surface area contributed by atoms with Crippen molar-refractivity contribution in [2.24, 2.45) is 0 Å². The summed E-state index contributed by atoms with van der Waals surface area (Å²) in [5.74, 6) is 0.0419. The molecule has 25 heavy (non-hydrogen) atoms. The van der Waals surface area contributed by atoms with E-state index in [4.69, 9.17) is 14.2 Å². The number of esters is 2. The lowest BCUT2D eigenvalue weighted by Gasteiger charge is -2.17. The Morgan fingerprint density at radius 1 is 1.12 bits per heavy atom. The van der Waals surface area contributed by atoms with E-state index in [0.717, 1.165) is 30.2 Å². The summed E-state index contributed by atoms with van der Waals surface area (Å²) in [5, 5.41) is 1.54. The first-order valence-corrected chi connectivity index (χ1v) is 8.51. The molecular weight excluding hydrogens is 320 g/mol. The average Bonchev–Trinajstić information content (AvgIpc) is 2.59. The molecule has 0 aliphatic rings. The van der Waals surface area contributed by atoms with Crippen molar-refractivity contribution >= 4 is 22.7 Å². The fourth-order valence-electron chi connectivity index (χ4n) is 2.89. The third-order valence-electron chi connectivity index (χ3n) is 3.95. The zero-order valence-electron chi connectivity index (χ0n) is 15.2. The van der Waals surface area contributed by atoms with Crippen LogP contribution in [0.4, 0.5) is 0 Å². The molecule has 0 atom stereocenters. The molecule has 2 aromatic rings. The molecule has 0 saturated heterocycles. The van der Waals surface area contributed by atoms with E-state index in [1.807, 2.05) is 18.2 Å². The number of hydrogen-bond donors (Lipinski definition) is 0. The van der Waals surface area contributed by atoms with Crippen molar-refractivity contribution in [3.8, 4) is 11.5 Å². The van der Waals surface area contributed by atoms with Crippen LogP contribution in [0.15, 0.2) is 24.3 Å². The number of rotatable bonds is 7. The molecule has 0 radical (unpaired) electrons. The highest BCUT2D eigenvalue weighted by atomic mass is 16.5. The Kier molecular flexibility index (Phi) is 6.39. The fraction of sp³-hybridized carbons (Fsp3) is 0.400. The molecule has 5 heteroatoms. The number of ether oxygens (including phenoxy) is 3. The number of benzene rings is 2. The van der Waals surface area contributed by atoms with E-state index in [9.17, 15) is 9.59 Å². The second-order valence-electron chi connectivity index (χ2n) is 5.70. The topological polar surface area (TPSA) is 61.8 Å². The van der Waals surface area contributed by atoms with E-state index < -0.39 is 11.9 Å². The Balaban J connectivity index is 2.80. The third-order valence-corrected chi connectivity index (χ3v) is 3.95. The van der Waals surface area contributed by atoms with E-state index in [2.05, 4.69) is 6.92 Å². The van der Waals surface area contributed by atoms with Gasteiger partial charge in [-0.1, -0.05) is 25.5 Å². The summed E-state index contributed by atoms with van der Waals surface area (Å²) < 4.78 is 16.0.